The summed E-state index contributed by atoms with van der Waals surface area (Å²) in [6.45, 7) is 7.82. The van der Waals surface area contributed by atoms with Crippen molar-refractivity contribution < 1.29 is 9.47 Å². The van der Waals surface area contributed by atoms with Gasteiger partial charge < -0.3 is 14.0 Å². The number of hydrogen-bond acceptors (Lipinski definition) is 3. The van der Waals surface area contributed by atoms with Gasteiger partial charge in [0.1, 0.15) is 5.76 Å². The average Bonchev–Trinajstić information content (AvgIpc) is 3.46. The third-order valence-electron chi connectivity index (χ3n) is 5.89. The van der Waals surface area contributed by atoms with Gasteiger partial charge in [-0.25, -0.2) is 0 Å². The normalized spacial score (nSPS) is 23.9. The zero-order chi connectivity index (χ0) is 18.8. The van der Waals surface area contributed by atoms with E-state index < -0.39 is 8.80 Å². The van der Waals surface area contributed by atoms with E-state index in [9.17, 15) is 4.79 Å². The first kappa shape index (κ1) is 19.0. The van der Waals surface area contributed by atoms with Crippen LogP contribution in [0, 0.1) is 11.8 Å². The highest BCUT2D eigenvalue weighted by atomic mass is 28.3. The summed E-state index contributed by atoms with van der Waals surface area (Å²) >= 11 is 0. The predicted octanol–water partition coefficient (Wildman–Crippen LogP) is 3.78. The van der Waals surface area contributed by atoms with Gasteiger partial charge in [0, 0.05) is 19.2 Å². The molecule has 26 heavy (non-hydrogen) atoms. The molecule has 1 aromatic rings. The topological polar surface area (TPSA) is 40.5 Å². The Labute approximate surface area is 158 Å². The second-order valence-corrected chi connectivity index (χ2v) is 11.1. The molecule has 1 fully saturated rings. The summed E-state index contributed by atoms with van der Waals surface area (Å²) in [6.07, 6.45) is 8.99. The maximum atomic E-state index is 12.2. The molecule has 5 heteroatoms. The van der Waals surface area contributed by atoms with E-state index in [2.05, 4.69) is 32.5 Å². The van der Waals surface area contributed by atoms with Gasteiger partial charge >= 0.3 is 0 Å². The van der Waals surface area contributed by atoms with Crippen LogP contribution in [0.4, 0.5) is 0 Å². The zero-order valence-corrected chi connectivity index (χ0v) is 17.8. The van der Waals surface area contributed by atoms with E-state index >= 15 is 0 Å². The molecular formula is C21H31NO3Si. The highest BCUT2D eigenvalue weighted by Gasteiger charge is 2.34. The van der Waals surface area contributed by atoms with Crippen molar-refractivity contribution in [2.75, 3.05) is 13.7 Å². The molecule has 3 atom stereocenters. The number of methoxy groups -OCH3 is 1. The van der Waals surface area contributed by atoms with E-state index in [0.29, 0.717) is 11.7 Å². The zero-order valence-electron chi connectivity index (χ0n) is 16.6. The number of aryl methyl sites for hydroxylation is 1. The quantitative estimate of drug-likeness (QED) is 0.683. The van der Waals surface area contributed by atoms with Crippen LogP contribution >= 0.6 is 0 Å². The summed E-state index contributed by atoms with van der Waals surface area (Å²) in [7, 11) is 2.43. The molecule has 1 heterocycles. The maximum Gasteiger partial charge on any atom is 0.292 e. The molecule has 2 aliphatic rings. The van der Waals surface area contributed by atoms with Crippen molar-refractivity contribution in [3.8, 4) is 5.75 Å². The molecule has 1 saturated carbocycles. The van der Waals surface area contributed by atoms with Crippen LogP contribution < -0.4 is 10.3 Å². The van der Waals surface area contributed by atoms with Gasteiger partial charge in [-0.05, 0) is 42.4 Å². The molecule has 0 saturated heterocycles. The summed E-state index contributed by atoms with van der Waals surface area (Å²) < 4.78 is 13.2. The molecule has 0 radical (unpaired) electrons. The molecule has 0 aliphatic heterocycles. The minimum Gasteiger partial charge on any atom is -0.497 e. The Kier molecular flexibility index (Phi) is 5.75. The number of allylic oxidation sites excluding steroid dienone is 4. The van der Waals surface area contributed by atoms with E-state index in [4.69, 9.17) is 9.47 Å². The van der Waals surface area contributed by atoms with Crippen molar-refractivity contribution in [2.45, 2.75) is 45.2 Å². The molecule has 0 spiro atoms. The number of aromatic nitrogens is 1. The number of rotatable bonds is 7. The summed E-state index contributed by atoms with van der Waals surface area (Å²) in [5, 5.41) is 1.59. The Morgan fingerprint density at radius 1 is 1.31 bits per heavy atom. The Bertz CT molecular complexity index is 776. The molecule has 2 aliphatic carbocycles. The van der Waals surface area contributed by atoms with Crippen LogP contribution in [0.25, 0.3) is 0 Å². The highest BCUT2D eigenvalue weighted by Crippen LogP contribution is 2.42. The number of hydrogen-bond donors (Lipinski definition) is 0. The summed E-state index contributed by atoms with van der Waals surface area (Å²) in [4.78, 5) is 12.2. The van der Waals surface area contributed by atoms with Crippen LogP contribution in [0.1, 0.15) is 38.2 Å². The van der Waals surface area contributed by atoms with Gasteiger partial charge in [0.15, 0.2) is 5.75 Å². The first-order valence-electron chi connectivity index (χ1n) is 9.75. The van der Waals surface area contributed by atoms with Crippen LogP contribution in [0.15, 0.2) is 40.2 Å². The lowest BCUT2D eigenvalue weighted by Gasteiger charge is -2.34. The Hall–Kier alpha value is -1.75. The van der Waals surface area contributed by atoms with E-state index in [1.165, 1.54) is 18.9 Å². The molecule has 0 amide bonds. The molecule has 4 nitrogen and oxygen atoms in total. The van der Waals surface area contributed by atoms with E-state index in [1.54, 1.807) is 23.9 Å². The lowest BCUT2D eigenvalue weighted by molar-refractivity contribution is 0.171. The van der Waals surface area contributed by atoms with E-state index in [-0.39, 0.29) is 11.5 Å². The van der Waals surface area contributed by atoms with Crippen molar-refractivity contribution in [1.82, 2.24) is 4.57 Å². The van der Waals surface area contributed by atoms with Crippen LogP contribution in [-0.2, 0) is 11.8 Å². The van der Waals surface area contributed by atoms with Crippen molar-refractivity contribution >= 4 is 8.80 Å². The second-order valence-electron chi connectivity index (χ2n) is 7.82. The standard InChI is InChI=1S/C21H31NO3Si/c1-6-26(5)19-10-9-17(25-13-15-7-8-15)20(14(19)2)16-11-18(24-4)21(23)22(3)12-16/h9-12,14-15,20,26H,6-8,13H2,1-5H3/t14?,20?,26-/m1/s1. The lowest BCUT2D eigenvalue weighted by Crippen LogP contribution is -2.28. The fourth-order valence-electron chi connectivity index (χ4n) is 3.83. The molecule has 3 rings (SSSR count). The Balaban J connectivity index is 2.00. The summed E-state index contributed by atoms with van der Waals surface area (Å²) in [5.41, 5.74) is 0.998. The maximum absolute atomic E-state index is 12.2. The van der Waals surface area contributed by atoms with Gasteiger partial charge in [-0.2, -0.15) is 0 Å². The minimum atomic E-state index is -0.918. The smallest absolute Gasteiger partial charge is 0.292 e. The molecular weight excluding hydrogens is 342 g/mol. The van der Waals surface area contributed by atoms with Crippen LogP contribution in [-0.4, -0.2) is 27.1 Å². The highest BCUT2D eigenvalue weighted by molar-refractivity contribution is 6.65. The summed E-state index contributed by atoms with van der Waals surface area (Å²) in [5.74, 6) is 2.69. The van der Waals surface area contributed by atoms with E-state index in [0.717, 1.165) is 23.8 Å². The van der Waals surface area contributed by atoms with E-state index in [1.807, 2.05) is 12.3 Å². The number of pyridine rings is 1. The Morgan fingerprint density at radius 3 is 2.65 bits per heavy atom. The predicted molar refractivity (Wildman–Crippen MR) is 108 cm³/mol. The monoisotopic (exact) mass is 373 g/mol. The van der Waals surface area contributed by atoms with Crippen molar-refractivity contribution in [3.63, 3.8) is 0 Å². The third kappa shape index (κ3) is 3.82. The van der Waals surface area contributed by atoms with Gasteiger partial charge in [-0.15, -0.1) is 0 Å². The molecule has 142 valence electrons. The fourth-order valence-corrected chi connectivity index (χ4v) is 5.82. The minimum absolute atomic E-state index is 0.101. The average molecular weight is 374 g/mol. The molecule has 0 bridgehead atoms. The largest absolute Gasteiger partial charge is 0.497 e. The fraction of sp³-hybridized carbons (Fsp3) is 0.571. The van der Waals surface area contributed by atoms with Gasteiger partial charge in [0.25, 0.3) is 5.56 Å². The molecule has 2 unspecified atom stereocenters. The van der Waals surface area contributed by atoms with Crippen LogP contribution in [0.2, 0.25) is 12.6 Å². The second kappa shape index (κ2) is 7.87. The third-order valence-corrected chi connectivity index (χ3v) is 8.97. The SMILES string of the molecule is CC[Si@@H](C)C1=CC=C(OCC2CC2)C(c2cc(OC)c(=O)n(C)c2)C1C. The first-order chi connectivity index (χ1) is 12.5. The van der Waals surface area contributed by atoms with Gasteiger partial charge in [0.05, 0.1) is 22.5 Å². The van der Waals surface area contributed by atoms with Gasteiger partial charge in [-0.1, -0.05) is 37.7 Å². The lowest BCUT2D eigenvalue weighted by atomic mass is 9.83. The number of ether oxygens (including phenoxy) is 2. The van der Waals surface area contributed by atoms with Crippen molar-refractivity contribution in [3.05, 3.63) is 51.3 Å². The van der Waals surface area contributed by atoms with Crippen molar-refractivity contribution in [1.29, 1.82) is 0 Å². The van der Waals surface area contributed by atoms with Gasteiger partial charge in [-0.3, -0.25) is 4.79 Å². The summed E-state index contributed by atoms with van der Waals surface area (Å²) in [6, 6.07) is 3.16. The first-order valence-corrected chi connectivity index (χ1v) is 12.3. The molecule has 0 aromatic carbocycles. The Morgan fingerprint density at radius 2 is 2.04 bits per heavy atom. The van der Waals surface area contributed by atoms with Gasteiger partial charge in [0.2, 0.25) is 0 Å². The molecule has 1 aromatic heterocycles. The van der Waals surface area contributed by atoms with Crippen molar-refractivity contribution in [2.24, 2.45) is 18.9 Å². The van der Waals surface area contributed by atoms with Crippen LogP contribution in [0.5, 0.6) is 5.75 Å². The number of nitrogens with zero attached hydrogens (tertiary/aromatic N) is 1. The molecule has 0 N–H and O–H groups in total. The van der Waals surface area contributed by atoms with Crippen LogP contribution in [0.3, 0.4) is 0 Å².